The summed E-state index contributed by atoms with van der Waals surface area (Å²) in [4.78, 5) is 47.7. The number of piperazine rings is 1. The number of aryl methyl sites for hydroxylation is 1. The summed E-state index contributed by atoms with van der Waals surface area (Å²) in [5, 5.41) is 5.20. The lowest BCUT2D eigenvalue weighted by Gasteiger charge is -2.34. The lowest BCUT2D eigenvalue weighted by Crippen LogP contribution is -2.49. The molecule has 1 aliphatic heterocycles. The van der Waals surface area contributed by atoms with Gasteiger partial charge in [0.1, 0.15) is 0 Å². The van der Waals surface area contributed by atoms with Crippen LogP contribution in [0.4, 0.5) is 16.4 Å². The lowest BCUT2D eigenvalue weighted by molar-refractivity contribution is -0.132. The highest BCUT2D eigenvalue weighted by molar-refractivity contribution is 5.99. The van der Waals surface area contributed by atoms with E-state index in [2.05, 4.69) is 25.5 Å². The molecule has 2 heterocycles. The summed E-state index contributed by atoms with van der Waals surface area (Å²) in [7, 11) is 0. The summed E-state index contributed by atoms with van der Waals surface area (Å²) in [6.07, 6.45) is 2.34. The molecule has 1 saturated heterocycles. The zero-order valence-corrected chi connectivity index (χ0v) is 17.7. The molecule has 10 nitrogen and oxygen atoms in total. The summed E-state index contributed by atoms with van der Waals surface area (Å²) < 4.78 is 0. The first-order valence-electron chi connectivity index (χ1n) is 10.4. The molecular weight excluding hydrogens is 398 g/mol. The average Bonchev–Trinajstić information content (AvgIpc) is 2.76. The highest BCUT2D eigenvalue weighted by Gasteiger charge is 2.22. The maximum atomic E-state index is 12.6. The highest BCUT2D eigenvalue weighted by atomic mass is 16.2. The van der Waals surface area contributed by atoms with Gasteiger partial charge in [0.05, 0.1) is 6.42 Å². The number of carbonyl (C=O) groups is 2. The number of benzene rings is 1. The number of nitrogens with zero attached hydrogens (tertiary/aromatic N) is 3. The van der Waals surface area contributed by atoms with Gasteiger partial charge in [-0.2, -0.15) is 4.98 Å². The molecule has 3 rings (SSSR count). The molecule has 5 N–H and O–H groups in total. The van der Waals surface area contributed by atoms with Crippen LogP contribution in [0.3, 0.4) is 0 Å². The molecule has 0 unspecified atom stereocenters. The van der Waals surface area contributed by atoms with Gasteiger partial charge < -0.3 is 20.9 Å². The van der Waals surface area contributed by atoms with Gasteiger partial charge in [0.15, 0.2) is 0 Å². The predicted octanol–water partition coefficient (Wildman–Crippen LogP) is 0.758. The Bertz CT molecular complexity index is 967. The fourth-order valence-corrected chi connectivity index (χ4v) is 3.40. The van der Waals surface area contributed by atoms with Gasteiger partial charge in [0, 0.05) is 43.6 Å². The molecule has 1 aromatic carbocycles. The Kier molecular flexibility index (Phi) is 7.74. The minimum absolute atomic E-state index is 0.0146. The van der Waals surface area contributed by atoms with Crippen LogP contribution in [0.2, 0.25) is 0 Å². The minimum Gasteiger partial charge on any atom is -0.340 e. The van der Waals surface area contributed by atoms with Crippen LogP contribution >= 0.6 is 0 Å². The van der Waals surface area contributed by atoms with Gasteiger partial charge in [-0.15, -0.1) is 0 Å². The predicted molar refractivity (Wildman–Crippen MR) is 119 cm³/mol. The van der Waals surface area contributed by atoms with E-state index >= 15 is 0 Å². The number of urea groups is 1. The number of nitrogens with two attached hydrogens (primary N) is 1. The minimum atomic E-state index is -0.542. The van der Waals surface area contributed by atoms with E-state index in [1.54, 1.807) is 11.0 Å². The molecule has 166 valence electrons. The Labute approximate surface area is 180 Å². The summed E-state index contributed by atoms with van der Waals surface area (Å²) in [6.45, 7) is 6.35. The van der Waals surface area contributed by atoms with Crippen molar-refractivity contribution in [3.63, 3.8) is 0 Å². The Morgan fingerprint density at radius 3 is 2.58 bits per heavy atom. The zero-order valence-electron chi connectivity index (χ0n) is 17.7. The van der Waals surface area contributed by atoms with Crippen molar-refractivity contribution in [3.05, 3.63) is 51.9 Å². The van der Waals surface area contributed by atoms with Crippen molar-refractivity contribution >= 4 is 23.6 Å². The molecule has 0 atom stereocenters. The van der Waals surface area contributed by atoms with Crippen LogP contribution in [-0.2, 0) is 11.2 Å². The number of hydrogen-bond donors (Lipinski definition) is 4. The third-order valence-corrected chi connectivity index (χ3v) is 5.24. The fraction of sp³-hybridized carbons (Fsp3) is 0.429. The topological polar surface area (TPSA) is 136 Å². The largest absolute Gasteiger partial charge is 0.340 e. The first kappa shape index (κ1) is 22.4. The second kappa shape index (κ2) is 10.7. The van der Waals surface area contributed by atoms with E-state index in [1.807, 2.05) is 25.1 Å². The quantitative estimate of drug-likeness (QED) is 0.515. The fourth-order valence-electron chi connectivity index (χ4n) is 3.40. The molecule has 0 spiro atoms. The van der Waals surface area contributed by atoms with E-state index in [9.17, 15) is 14.4 Å². The van der Waals surface area contributed by atoms with Crippen LogP contribution in [0.15, 0.2) is 35.3 Å². The number of anilines is 2. The number of rotatable bonds is 7. The van der Waals surface area contributed by atoms with Gasteiger partial charge in [-0.3, -0.25) is 19.8 Å². The van der Waals surface area contributed by atoms with Crippen LogP contribution < -0.4 is 21.9 Å². The van der Waals surface area contributed by atoms with Crippen molar-refractivity contribution in [3.8, 4) is 0 Å². The van der Waals surface area contributed by atoms with Crippen LogP contribution in [0.1, 0.15) is 17.5 Å². The van der Waals surface area contributed by atoms with Gasteiger partial charge >= 0.3 is 6.03 Å². The Balaban J connectivity index is 1.52. The van der Waals surface area contributed by atoms with Crippen molar-refractivity contribution in [1.29, 1.82) is 0 Å². The van der Waals surface area contributed by atoms with E-state index < -0.39 is 11.6 Å². The third-order valence-electron chi connectivity index (χ3n) is 5.24. The van der Waals surface area contributed by atoms with E-state index in [4.69, 9.17) is 5.73 Å². The highest BCUT2D eigenvalue weighted by Crippen LogP contribution is 2.13. The normalized spacial score (nSPS) is 14.3. The van der Waals surface area contributed by atoms with Gasteiger partial charge in [0.25, 0.3) is 5.56 Å². The number of aromatic amines is 1. The van der Waals surface area contributed by atoms with Gasteiger partial charge in [-0.25, -0.2) is 4.79 Å². The van der Waals surface area contributed by atoms with Crippen molar-refractivity contribution < 1.29 is 9.59 Å². The van der Waals surface area contributed by atoms with Crippen LogP contribution in [0, 0.1) is 6.92 Å². The number of amides is 3. The maximum Gasteiger partial charge on any atom is 0.326 e. The number of nitrogens with one attached hydrogen (secondary N) is 3. The van der Waals surface area contributed by atoms with E-state index in [0.717, 1.165) is 31.6 Å². The summed E-state index contributed by atoms with van der Waals surface area (Å²) >= 11 is 0. The number of hydrogen-bond acceptors (Lipinski definition) is 6. The molecule has 1 fully saturated rings. The smallest absolute Gasteiger partial charge is 0.326 e. The second-order valence-corrected chi connectivity index (χ2v) is 7.51. The molecule has 1 aliphatic rings. The average molecular weight is 428 g/mol. The number of H-pyrrole nitrogens is 1. The standard InChI is InChI=1S/C21H29N7O3/c1-15-5-2-3-6-17(15)24-21(31)26-20-23-14-16(19(30)25-20)13-18(29)28-11-9-27(10-12-28)8-4-7-22/h2-3,5-6,14H,4,7-13,22H2,1H3,(H3,23,24,25,26,30,31). The number of aromatic nitrogens is 2. The molecular formula is C21H29N7O3. The summed E-state index contributed by atoms with van der Waals surface area (Å²) in [6, 6.07) is 6.82. The second-order valence-electron chi connectivity index (χ2n) is 7.51. The van der Waals surface area contributed by atoms with Crippen molar-refractivity contribution in [2.75, 3.05) is 49.9 Å². The summed E-state index contributed by atoms with van der Waals surface area (Å²) in [5.74, 6) is -0.0930. The molecule has 10 heteroatoms. The van der Waals surface area contributed by atoms with Gasteiger partial charge in [-0.05, 0) is 38.1 Å². The van der Waals surface area contributed by atoms with E-state index in [1.165, 1.54) is 6.20 Å². The molecule has 2 aromatic rings. The molecule has 3 amide bonds. The number of carbonyl (C=O) groups excluding carboxylic acids is 2. The Morgan fingerprint density at radius 2 is 1.90 bits per heavy atom. The zero-order chi connectivity index (χ0) is 22.2. The van der Waals surface area contributed by atoms with E-state index in [0.29, 0.717) is 25.3 Å². The molecule has 1 aromatic heterocycles. The van der Waals surface area contributed by atoms with Crippen molar-refractivity contribution in [2.45, 2.75) is 19.8 Å². The molecule has 0 radical (unpaired) electrons. The Hall–Kier alpha value is -3.24. The van der Waals surface area contributed by atoms with Gasteiger partial charge in [-0.1, -0.05) is 18.2 Å². The lowest BCUT2D eigenvalue weighted by atomic mass is 10.2. The van der Waals surface area contributed by atoms with E-state index in [-0.39, 0.29) is 23.8 Å². The Morgan fingerprint density at radius 1 is 1.16 bits per heavy atom. The SMILES string of the molecule is Cc1ccccc1NC(=O)Nc1nc(=O)c(CC(=O)N2CCN(CCCN)CC2)c[nH]1. The van der Waals surface area contributed by atoms with Crippen LogP contribution in [0.25, 0.3) is 0 Å². The van der Waals surface area contributed by atoms with Crippen LogP contribution in [0.5, 0.6) is 0 Å². The first-order valence-corrected chi connectivity index (χ1v) is 10.4. The van der Waals surface area contributed by atoms with Crippen LogP contribution in [-0.4, -0.2) is 71.0 Å². The molecule has 0 aliphatic carbocycles. The monoisotopic (exact) mass is 427 g/mol. The molecule has 0 saturated carbocycles. The first-order chi connectivity index (χ1) is 15.0. The number of para-hydroxylation sites is 1. The van der Waals surface area contributed by atoms with Crippen molar-refractivity contribution in [1.82, 2.24) is 19.8 Å². The van der Waals surface area contributed by atoms with Gasteiger partial charge in [0.2, 0.25) is 11.9 Å². The molecule has 0 bridgehead atoms. The maximum absolute atomic E-state index is 12.6. The summed E-state index contributed by atoms with van der Waals surface area (Å²) in [5.41, 5.74) is 6.84. The third kappa shape index (κ3) is 6.37. The molecule has 31 heavy (non-hydrogen) atoms. The van der Waals surface area contributed by atoms with Crippen molar-refractivity contribution in [2.24, 2.45) is 5.73 Å².